The molecule has 0 heterocycles. The SMILES string of the molecule is CNC(Cc1cc(C)cc(C)c1)c1ccc(Cl)c(Cl)c1. The molecule has 0 aliphatic rings. The second-order valence-electron chi connectivity index (χ2n) is 5.21. The van der Waals surface area contributed by atoms with Gasteiger partial charge < -0.3 is 5.32 Å². The van der Waals surface area contributed by atoms with Crippen LogP contribution in [0.2, 0.25) is 10.0 Å². The molecule has 0 saturated carbocycles. The van der Waals surface area contributed by atoms with Gasteiger partial charge in [-0.15, -0.1) is 0 Å². The Hall–Kier alpha value is -1.02. The molecule has 3 heteroatoms. The quantitative estimate of drug-likeness (QED) is 0.827. The lowest BCUT2D eigenvalue weighted by atomic mass is 9.96. The van der Waals surface area contributed by atoms with Crippen LogP contribution < -0.4 is 5.32 Å². The Bertz CT molecular complexity index is 588. The lowest BCUT2D eigenvalue weighted by Crippen LogP contribution is -2.19. The number of rotatable bonds is 4. The Morgan fingerprint density at radius 2 is 1.60 bits per heavy atom. The Balaban J connectivity index is 2.26. The van der Waals surface area contributed by atoms with Crippen molar-refractivity contribution in [1.29, 1.82) is 0 Å². The van der Waals surface area contributed by atoms with Crippen LogP contribution in [0.25, 0.3) is 0 Å². The maximum Gasteiger partial charge on any atom is 0.0595 e. The first-order chi connectivity index (χ1) is 9.49. The van der Waals surface area contributed by atoms with Crippen molar-refractivity contribution in [2.24, 2.45) is 0 Å². The second kappa shape index (κ2) is 6.62. The minimum atomic E-state index is 0.228. The van der Waals surface area contributed by atoms with Crippen molar-refractivity contribution in [2.45, 2.75) is 26.3 Å². The van der Waals surface area contributed by atoms with E-state index in [0.29, 0.717) is 10.0 Å². The third kappa shape index (κ3) is 3.76. The van der Waals surface area contributed by atoms with E-state index in [0.717, 1.165) is 12.0 Å². The number of hydrogen-bond acceptors (Lipinski definition) is 1. The molecule has 0 fully saturated rings. The second-order valence-corrected chi connectivity index (χ2v) is 6.03. The summed E-state index contributed by atoms with van der Waals surface area (Å²) in [5, 5.41) is 4.55. The summed E-state index contributed by atoms with van der Waals surface area (Å²) in [7, 11) is 1.97. The highest BCUT2D eigenvalue weighted by molar-refractivity contribution is 6.42. The van der Waals surface area contributed by atoms with Gasteiger partial charge in [0, 0.05) is 6.04 Å². The average Bonchev–Trinajstić information content (AvgIpc) is 2.38. The van der Waals surface area contributed by atoms with E-state index in [1.54, 1.807) is 0 Å². The number of benzene rings is 2. The van der Waals surface area contributed by atoms with Crippen LogP contribution in [0.4, 0.5) is 0 Å². The molecule has 106 valence electrons. The Morgan fingerprint density at radius 1 is 0.950 bits per heavy atom. The summed E-state index contributed by atoms with van der Waals surface area (Å²) in [6.45, 7) is 4.26. The van der Waals surface area contributed by atoms with E-state index in [9.17, 15) is 0 Å². The van der Waals surface area contributed by atoms with Crippen LogP contribution in [0, 0.1) is 13.8 Å². The van der Waals surface area contributed by atoms with Crippen LogP contribution in [0.5, 0.6) is 0 Å². The van der Waals surface area contributed by atoms with Gasteiger partial charge in [0.2, 0.25) is 0 Å². The first kappa shape index (κ1) is 15.4. The fourth-order valence-electron chi connectivity index (χ4n) is 2.54. The number of aryl methyl sites for hydroxylation is 2. The molecule has 0 radical (unpaired) electrons. The molecule has 0 bridgehead atoms. The summed E-state index contributed by atoms with van der Waals surface area (Å²) in [6, 6.07) is 12.7. The molecular formula is C17H19Cl2N. The van der Waals surface area contributed by atoms with Crippen molar-refractivity contribution < 1.29 is 0 Å². The average molecular weight is 308 g/mol. The van der Waals surface area contributed by atoms with Crippen LogP contribution in [-0.2, 0) is 6.42 Å². The Morgan fingerprint density at radius 3 is 2.15 bits per heavy atom. The summed E-state index contributed by atoms with van der Waals surface area (Å²) in [5.41, 5.74) is 5.07. The number of nitrogens with one attached hydrogen (secondary N) is 1. The van der Waals surface area contributed by atoms with Crippen LogP contribution in [0.15, 0.2) is 36.4 Å². The maximum absolute atomic E-state index is 6.11. The normalized spacial score (nSPS) is 12.4. The molecule has 20 heavy (non-hydrogen) atoms. The van der Waals surface area contributed by atoms with Gasteiger partial charge in [-0.1, -0.05) is 58.6 Å². The van der Waals surface area contributed by atoms with E-state index < -0.39 is 0 Å². The van der Waals surface area contributed by atoms with E-state index >= 15 is 0 Å². The first-order valence-corrected chi connectivity index (χ1v) is 7.44. The van der Waals surface area contributed by atoms with Crippen molar-refractivity contribution in [3.8, 4) is 0 Å². The monoisotopic (exact) mass is 307 g/mol. The zero-order valence-corrected chi connectivity index (χ0v) is 13.5. The highest BCUT2D eigenvalue weighted by Crippen LogP contribution is 2.27. The van der Waals surface area contributed by atoms with Crippen LogP contribution >= 0.6 is 23.2 Å². The summed E-state index contributed by atoms with van der Waals surface area (Å²) in [4.78, 5) is 0. The fourth-order valence-corrected chi connectivity index (χ4v) is 2.84. The molecule has 2 aromatic rings. The standard InChI is InChI=1S/C17H19Cl2N/c1-11-6-12(2)8-13(7-11)9-17(20-3)14-4-5-15(18)16(19)10-14/h4-8,10,17,20H,9H2,1-3H3. The Labute approximate surface area is 130 Å². The predicted molar refractivity (Wildman–Crippen MR) is 87.9 cm³/mol. The Kier molecular flexibility index (Phi) is 5.09. The predicted octanol–water partition coefficient (Wildman–Crippen LogP) is 5.11. The molecular weight excluding hydrogens is 289 g/mol. The highest BCUT2D eigenvalue weighted by Gasteiger charge is 2.12. The van der Waals surface area contributed by atoms with Crippen LogP contribution in [-0.4, -0.2) is 7.05 Å². The van der Waals surface area contributed by atoms with E-state index in [4.69, 9.17) is 23.2 Å². The fraction of sp³-hybridized carbons (Fsp3) is 0.294. The van der Waals surface area contributed by atoms with Gasteiger partial charge >= 0.3 is 0 Å². The van der Waals surface area contributed by atoms with E-state index in [2.05, 4.69) is 37.4 Å². The largest absolute Gasteiger partial charge is 0.313 e. The van der Waals surface area contributed by atoms with E-state index in [1.807, 2.05) is 25.2 Å². The van der Waals surface area contributed by atoms with Crippen molar-refractivity contribution in [3.05, 3.63) is 68.7 Å². The topological polar surface area (TPSA) is 12.0 Å². The van der Waals surface area contributed by atoms with Crippen LogP contribution in [0.3, 0.4) is 0 Å². The van der Waals surface area contributed by atoms with Gasteiger partial charge in [0.25, 0.3) is 0 Å². The molecule has 0 aliphatic heterocycles. The highest BCUT2D eigenvalue weighted by atomic mass is 35.5. The summed E-state index contributed by atoms with van der Waals surface area (Å²) in [6.07, 6.45) is 0.928. The molecule has 2 aromatic carbocycles. The molecule has 0 amide bonds. The van der Waals surface area contributed by atoms with Crippen molar-refractivity contribution in [1.82, 2.24) is 5.32 Å². The molecule has 0 saturated heterocycles. The third-order valence-electron chi connectivity index (χ3n) is 3.42. The van der Waals surface area contributed by atoms with Gasteiger partial charge in [-0.2, -0.15) is 0 Å². The zero-order valence-electron chi connectivity index (χ0n) is 12.0. The molecule has 0 spiro atoms. The molecule has 1 nitrogen and oxygen atoms in total. The molecule has 0 aromatic heterocycles. The zero-order chi connectivity index (χ0) is 14.7. The van der Waals surface area contributed by atoms with Gasteiger partial charge in [0.1, 0.15) is 0 Å². The van der Waals surface area contributed by atoms with Gasteiger partial charge in [-0.05, 0) is 50.6 Å². The van der Waals surface area contributed by atoms with Crippen molar-refractivity contribution >= 4 is 23.2 Å². The van der Waals surface area contributed by atoms with Gasteiger partial charge in [0.15, 0.2) is 0 Å². The third-order valence-corrected chi connectivity index (χ3v) is 4.15. The minimum Gasteiger partial charge on any atom is -0.313 e. The maximum atomic E-state index is 6.11. The summed E-state index contributed by atoms with van der Waals surface area (Å²) >= 11 is 12.1. The lowest BCUT2D eigenvalue weighted by molar-refractivity contribution is 0.592. The summed E-state index contributed by atoms with van der Waals surface area (Å²) in [5.74, 6) is 0. The van der Waals surface area contributed by atoms with Crippen molar-refractivity contribution in [2.75, 3.05) is 7.05 Å². The first-order valence-electron chi connectivity index (χ1n) is 6.69. The lowest BCUT2D eigenvalue weighted by Gasteiger charge is -2.18. The van der Waals surface area contributed by atoms with Crippen LogP contribution in [0.1, 0.15) is 28.3 Å². The minimum absolute atomic E-state index is 0.228. The number of likely N-dealkylation sites (N-methyl/N-ethyl adjacent to an activating group) is 1. The smallest absolute Gasteiger partial charge is 0.0595 e. The molecule has 2 rings (SSSR count). The number of halogens is 2. The molecule has 0 aliphatic carbocycles. The van der Waals surface area contributed by atoms with E-state index in [1.165, 1.54) is 16.7 Å². The summed E-state index contributed by atoms with van der Waals surface area (Å²) < 4.78 is 0. The van der Waals surface area contributed by atoms with Gasteiger partial charge in [-0.3, -0.25) is 0 Å². The van der Waals surface area contributed by atoms with Crippen molar-refractivity contribution in [3.63, 3.8) is 0 Å². The molecule has 1 unspecified atom stereocenters. The molecule has 1 atom stereocenters. The van der Waals surface area contributed by atoms with Gasteiger partial charge in [-0.25, -0.2) is 0 Å². The van der Waals surface area contributed by atoms with E-state index in [-0.39, 0.29) is 6.04 Å². The molecule has 1 N–H and O–H groups in total. The number of hydrogen-bond donors (Lipinski definition) is 1. The van der Waals surface area contributed by atoms with Gasteiger partial charge in [0.05, 0.1) is 10.0 Å².